The summed E-state index contributed by atoms with van der Waals surface area (Å²) < 4.78 is 1.79. The molecule has 1 aromatic heterocycles. The monoisotopic (exact) mass is 345 g/mol. The van der Waals surface area contributed by atoms with E-state index >= 15 is 0 Å². The quantitative estimate of drug-likeness (QED) is 0.824. The zero-order chi connectivity index (χ0) is 17.8. The van der Waals surface area contributed by atoms with E-state index in [2.05, 4.69) is 27.5 Å². The minimum absolute atomic E-state index is 0.195. The summed E-state index contributed by atoms with van der Waals surface area (Å²) in [5, 5.41) is 21.1. The Hall–Kier alpha value is -1.99. The average molecular weight is 345 g/mol. The van der Waals surface area contributed by atoms with Crippen molar-refractivity contribution >= 4 is 16.9 Å². The van der Waals surface area contributed by atoms with Crippen LogP contribution in [0, 0.1) is 5.92 Å². The molecule has 1 aromatic carbocycles. The van der Waals surface area contributed by atoms with Gasteiger partial charge in [0.2, 0.25) is 0 Å². The fourth-order valence-electron chi connectivity index (χ4n) is 3.27. The Morgan fingerprint density at radius 3 is 2.88 bits per heavy atom. The number of carbonyl (C=O) groups excluding carboxylic acids is 1. The number of amides is 1. The van der Waals surface area contributed by atoms with Crippen LogP contribution in [-0.2, 0) is 6.54 Å². The van der Waals surface area contributed by atoms with Gasteiger partial charge in [-0.3, -0.25) is 4.79 Å². The van der Waals surface area contributed by atoms with E-state index in [1.165, 1.54) is 12.8 Å². The van der Waals surface area contributed by atoms with Crippen molar-refractivity contribution in [1.82, 2.24) is 25.2 Å². The summed E-state index contributed by atoms with van der Waals surface area (Å²) in [5.74, 6) is 0.577. The van der Waals surface area contributed by atoms with Gasteiger partial charge in [-0.05, 0) is 57.0 Å². The molecule has 7 heteroatoms. The number of rotatable bonds is 6. The van der Waals surface area contributed by atoms with E-state index in [0.29, 0.717) is 17.6 Å². The van der Waals surface area contributed by atoms with Gasteiger partial charge >= 0.3 is 0 Å². The molecule has 2 heterocycles. The van der Waals surface area contributed by atoms with Gasteiger partial charge in [0.1, 0.15) is 5.52 Å². The van der Waals surface area contributed by atoms with Crippen molar-refractivity contribution in [2.45, 2.75) is 39.3 Å². The van der Waals surface area contributed by atoms with Crippen molar-refractivity contribution in [2.24, 2.45) is 5.92 Å². The molecular weight excluding hydrogens is 318 g/mol. The van der Waals surface area contributed by atoms with Crippen LogP contribution in [0.3, 0.4) is 0 Å². The van der Waals surface area contributed by atoms with Crippen LogP contribution in [0.5, 0.6) is 0 Å². The number of β-amino-alcohol motifs (C(OH)–C–C–N with tert-alkyl or cyclic N) is 1. The normalized spacial score (nSPS) is 17.7. The number of aliphatic hydroxyl groups is 1. The standard InChI is InChI=1S/C18H27N5O2/c1-3-23-17-5-4-14(10-16(17)20-21-23)18(25)19-11-15(24)12-22-8-6-13(2)7-9-22/h4-5,10,13,15,24H,3,6-9,11-12H2,1-2H3,(H,19,25). The van der Waals surface area contributed by atoms with Crippen molar-refractivity contribution in [1.29, 1.82) is 0 Å². The molecule has 2 N–H and O–H groups in total. The highest BCUT2D eigenvalue weighted by molar-refractivity contribution is 5.97. The molecule has 1 amide bonds. The van der Waals surface area contributed by atoms with Crippen molar-refractivity contribution in [3.8, 4) is 0 Å². The molecular formula is C18H27N5O2. The number of aromatic nitrogens is 3. The SMILES string of the molecule is CCn1nnc2cc(C(=O)NCC(O)CN3CCC(C)CC3)ccc21. The summed E-state index contributed by atoms with van der Waals surface area (Å²) in [6.07, 6.45) is 1.80. The third-order valence-electron chi connectivity index (χ3n) is 4.92. The molecule has 3 rings (SSSR count). The van der Waals surface area contributed by atoms with Crippen LogP contribution >= 0.6 is 0 Å². The number of aryl methyl sites for hydroxylation is 1. The molecule has 1 aliphatic rings. The number of fused-ring (bicyclic) bond motifs is 1. The zero-order valence-corrected chi connectivity index (χ0v) is 15.0. The molecule has 1 unspecified atom stereocenters. The highest BCUT2D eigenvalue weighted by atomic mass is 16.3. The summed E-state index contributed by atoms with van der Waals surface area (Å²) in [4.78, 5) is 14.6. The van der Waals surface area contributed by atoms with E-state index in [1.807, 2.05) is 13.0 Å². The Bertz CT molecular complexity index is 721. The number of carbonyl (C=O) groups is 1. The Balaban J connectivity index is 1.51. The summed E-state index contributed by atoms with van der Waals surface area (Å²) in [6.45, 7) is 7.92. The number of benzene rings is 1. The largest absolute Gasteiger partial charge is 0.390 e. The van der Waals surface area contributed by atoms with Gasteiger partial charge in [-0.1, -0.05) is 12.1 Å². The van der Waals surface area contributed by atoms with E-state index in [9.17, 15) is 9.90 Å². The highest BCUT2D eigenvalue weighted by Crippen LogP contribution is 2.16. The van der Waals surface area contributed by atoms with Crippen molar-refractivity contribution < 1.29 is 9.90 Å². The van der Waals surface area contributed by atoms with Crippen LogP contribution in [-0.4, -0.2) is 63.2 Å². The predicted molar refractivity (Wildman–Crippen MR) is 96.4 cm³/mol. The Labute approximate surface area is 148 Å². The van der Waals surface area contributed by atoms with Gasteiger partial charge in [0, 0.05) is 25.2 Å². The molecule has 0 saturated carbocycles. The number of nitrogens with zero attached hydrogens (tertiary/aromatic N) is 4. The number of aliphatic hydroxyl groups excluding tert-OH is 1. The van der Waals surface area contributed by atoms with Gasteiger partial charge in [0.05, 0.1) is 11.6 Å². The van der Waals surface area contributed by atoms with E-state index in [0.717, 1.165) is 31.1 Å². The lowest BCUT2D eigenvalue weighted by Gasteiger charge is -2.31. The van der Waals surface area contributed by atoms with Crippen molar-refractivity contribution in [3.63, 3.8) is 0 Å². The first-order valence-electron chi connectivity index (χ1n) is 9.08. The van der Waals surface area contributed by atoms with E-state index in [-0.39, 0.29) is 12.5 Å². The highest BCUT2D eigenvalue weighted by Gasteiger charge is 2.19. The molecule has 7 nitrogen and oxygen atoms in total. The van der Waals surface area contributed by atoms with Gasteiger partial charge < -0.3 is 15.3 Å². The van der Waals surface area contributed by atoms with E-state index in [4.69, 9.17) is 0 Å². The number of piperidine rings is 1. The van der Waals surface area contributed by atoms with Gasteiger partial charge in [0.15, 0.2) is 0 Å². The third kappa shape index (κ3) is 4.35. The van der Waals surface area contributed by atoms with Gasteiger partial charge in [-0.15, -0.1) is 5.10 Å². The third-order valence-corrected chi connectivity index (χ3v) is 4.92. The zero-order valence-electron chi connectivity index (χ0n) is 15.0. The smallest absolute Gasteiger partial charge is 0.251 e. The molecule has 1 saturated heterocycles. The van der Waals surface area contributed by atoms with E-state index in [1.54, 1.807) is 16.8 Å². The second kappa shape index (κ2) is 7.93. The number of nitrogens with one attached hydrogen (secondary N) is 1. The van der Waals surface area contributed by atoms with E-state index < -0.39 is 6.10 Å². The van der Waals surface area contributed by atoms with Gasteiger partial charge in [-0.25, -0.2) is 4.68 Å². The minimum atomic E-state index is -0.554. The van der Waals surface area contributed by atoms with Crippen LogP contribution in [0.4, 0.5) is 0 Å². The number of likely N-dealkylation sites (tertiary alicyclic amines) is 1. The van der Waals surface area contributed by atoms with Gasteiger partial charge in [0.25, 0.3) is 5.91 Å². The summed E-state index contributed by atoms with van der Waals surface area (Å²) in [6, 6.07) is 5.37. The molecule has 0 bridgehead atoms. The molecule has 2 aromatic rings. The van der Waals surface area contributed by atoms with Gasteiger partial charge in [-0.2, -0.15) is 0 Å². The first kappa shape index (κ1) is 17.8. The Morgan fingerprint density at radius 2 is 2.16 bits per heavy atom. The lowest BCUT2D eigenvalue weighted by Crippen LogP contribution is -2.43. The lowest BCUT2D eigenvalue weighted by atomic mass is 9.99. The second-order valence-corrected chi connectivity index (χ2v) is 6.96. The van der Waals surface area contributed by atoms with Crippen LogP contribution < -0.4 is 5.32 Å². The molecule has 0 aliphatic carbocycles. The first-order valence-corrected chi connectivity index (χ1v) is 9.08. The lowest BCUT2D eigenvalue weighted by molar-refractivity contribution is 0.0795. The topological polar surface area (TPSA) is 83.3 Å². The summed E-state index contributed by atoms with van der Waals surface area (Å²) in [5.41, 5.74) is 2.16. The van der Waals surface area contributed by atoms with Crippen LogP contribution in [0.2, 0.25) is 0 Å². The molecule has 136 valence electrons. The molecule has 1 aliphatic heterocycles. The molecule has 0 radical (unpaired) electrons. The number of hydrogen-bond donors (Lipinski definition) is 2. The fourth-order valence-corrected chi connectivity index (χ4v) is 3.27. The minimum Gasteiger partial charge on any atom is -0.390 e. The summed E-state index contributed by atoms with van der Waals surface area (Å²) in [7, 11) is 0. The predicted octanol–water partition coefficient (Wildman–Crippen LogP) is 1.27. The number of hydrogen-bond acceptors (Lipinski definition) is 5. The van der Waals surface area contributed by atoms with Crippen LogP contribution in [0.15, 0.2) is 18.2 Å². The molecule has 25 heavy (non-hydrogen) atoms. The Morgan fingerprint density at radius 1 is 1.40 bits per heavy atom. The van der Waals surface area contributed by atoms with Crippen molar-refractivity contribution in [3.05, 3.63) is 23.8 Å². The maximum atomic E-state index is 12.3. The molecule has 0 spiro atoms. The fraction of sp³-hybridized carbons (Fsp3) is 0.611. The average Bonchev–Trinajstić information content (AvgIpc) is 3.04. The van der Waals surface area contributed by atoms with Crippen LogP contribution in [0.25, 0.3) is 11.0 Å². The molecule has 1 atom stereocenters. The first-order chi connectivity index (χ1) is 12.1. The maximum Gasteiger partial charge on any atom is 0.251 e. The van der Waals surface area contributed by atoms with Crippen LogP contribution in [0.1, 0.15) is 37.0 Å². The molecule has 1 fully saturated rings. The maximum absolute atomic E-state index is 12.3. The van der Waals surface area contributed by atoms with Crippen molar-refractivity contribution in [2.75, 3.05) is 26.2 Å². The summed E-state index contributed by atoms with van der Waals surface area (Å²) >= 11 is 0. The Kier molecular flexibility index (Phi) is 5.65. The second-order valence-electron chi connectivity index (χ2n) is 6.96.